The minimum atomic E-state index is 0.468. The number of aromatic amines is 1. The third-order valence-electron chi connectivity index (χ3n) is 2.65. The van der Waals surface area contributed by atoms with Gasteiger partial charge in [-0.15, -0.1) is 0 Å². The lowest BCUT2D eigenvalue weighted by Gasteiger charge is -2.07. The minimum Gasteiger partial charge on any atom is -0.467 e. The average molecular weight is 257 g/mol. The van der Waals surface area contributed by atoms with Crippen molar-refractivity contribution in [1.29, 1.82) is 0 Å². The van der Waals surface area contributed by atoms with Gasteiger partial charge in [0.05, 0.1) is 18.3 Å². The third kappa shape index (κ3) is 2.12. The number of furan rings is 1. The van der Waals surface area contributed by atoms with Crippen LogP contribution in [0.2, 0.25) is 0 Å². The van der Waals surface area contributed by atoms with Crippen LogP contribution in [0.1, 0.15) is 5.76 Å². The number of aromatic nitrogens is 2. The van der Waals surface area contributed by atoms with Crippen LogP contribution < -0.4 is 5.32 Å². The van der Waals surface area contributed by atoms with Gasteiger partial charge in [0.2, 0.25) is 0 Å². The summed E-state index contributed by atoms with van der Waals surface area (Å²) in [6.07, 6.45) is 1.65. The summed E-state index contributed by atoms with van der Waals surface area (Å²) in [5.74, 6) is 1.63. The number of H-pyrrole nitrogens is 1. The van der Waals surface area contributed by atoms with Crippen molar-refractivity contribution in [2.24, 2.45) is 0 Å². The van der Waals surface area contributed by atoms with Crippen molar-refractivity contribution < 1.29 is 4.42 Å². The monoisotopic (exact) mass is 257 g/mol. The van der Waals surface area contributed by atoms with Crippen LogP contribution in [0.4, 0.5) is 5.82 Å². The smallest absolute Gasteiger partial charge is 0.199 e. The molecule has 0 bridgehead atoms. The van der Waals surface area contributed by atoms with Crippen molar-refractivity contribution in [1.82, 2.24) is 9.97 Å². The maximum absolute atomic E-state index is 5.27. The molecule has 0 aliphatic carbocycles. The molecule has 3 rings (SSSR count). The van der Waals surface area contributed by atoms with E-state index in [4.69, 9.17) is 16.6 Å². The van der Waals surface area contributed by atoms with Gasteiger partial charge in [-0.1, -0.05) is 12.1 Å². The fourth-order valence-electron chi connectivity index (χ4n) is 1.82. The standard InChI is InChI=1S/C13H11N3OS/c18-13-15-11-6-2-1-5-10(11)12(16-13)14-8-9-4-3-7-17-9/h1-7H,8H2,(H2,14,15,16,18). The predicted octanol–water partition coefficient (Wildman–Crippen LogP) is 3.50. The highest BCUT2D eigenvalue weighted by Gasteiger charge is 2.03. The van der Waals surface area contributed by atoms with Gasteiger partial charge in [-0.3, -0.25) is 0 Å². The number of nitrogens with one attached hydrogen (secondary N) is 2. The Labute approximate surface area is 109 Å². The Hall–Kier alpha value is -2.14. The Balaban J connectivity index is 1.98. The summed E-state index contributed by atoms with van der Waals surface area (Å²) in [5.41, 5.74) is 0.972. The number of nitrogens with zero attached hydrogens (tertiary/aromatic N) is 1. The molecule has 0 spiro atoms. The molecule has 3 aromatic rings. The second-order valence-corrected chi connectivity index (χ2v) is 4.26. The molecule has 0 radical (unpaired) electrons. The van der Waals surface area contributed by atoms with Crippen LogP contribution in [0.3, 0.4) is 0 Å². The van der Waals surface area contributed by atoms with Gasteiger partial charge in [-0.25, -0.2) is 4.98 Å². The van der Waals surface area contributed by atoms with Crippen LogP contribution in [-0.2, 0) is 6.54 Å². The number of hydrogen-bond donors (Lipinski definition) is 2. The number of anilines is 1. The molecule has 2 heterocycles. The maximum Gasteiger partial charge on any atom is 0.199 e. The summed E-state index contributed by atoms with van der Waals surface area (Å²) in [5, 5.41) is 4.25. The van der Waals surface area contributed by atoms with Gasteiger partial charge in [-0.2, -0.15) is 0 Å². The lowest BCUT2D eigenvalue weighted by Crippen LogP contribution is -2.02. The second kappa shape index (κ2) is 4.62. The number of rotatable bonds is 3. The molecule has 0 aliphatic heterocycles. The van der Waals surface area contributed by atoms with Crippen molar-refractivity contribution in [3.05, 3.63) is 53.2 Å². The number of benzene rings is 1. The van der Waals surface area contributed by atoms with Crippen LogP contribution in [0.25, 0.3) is 10.9 Å². The Bertz CT molecular complexity index is 718. The highest BCUT2D eigenvalue weighted by atomic mass is 32.1. The van der Waals surface area contributed by atoms with E-state index in [9.17, 15) is 0 Å². The third-order valence-corrected chi connectivity index (χ3v) is 2.84. The van der Waals surface area contributed by atoms with Gasteiger partial charge in [0, 0.05) is 5.39 Å². The van der Waals surface area contributed by atoms with E-state index in [-0.39, 0.29) is 0 Å². The Kier molecular flexibility index (Phi) is 2.82. The first-order valence-corrected chi connectivity index (χ1v) is 5.99. The molecule has 0 aliphatic rings. The van der Waals surface area contributed by atoms with Crippen molar-refractivity contribution in [2.45, 2.75) is 6.54 Å². The van der Waals surface area contributed by atoms with Crippen LogP contribution in [0, 0.1) is 4.77 Å². The van der Waals surface area contributed by atoms with Crippen LogP contribution in [0.5, 0.6) is 0 Å². The SMILES string of the molecule is S=c1nc(NCc2ccco2)c2ccccc2[nH]1. The van der Waals surface area contributed by atoms with Gasteiger partial charge in [0.1, 0.15) is 11.6 Å². The first-order chi connectivity index (χ1) is 8.83. The van der Waals surface area contributed by atoms with Gasteiger partial charge in [-0.05, 0) is 36.5 Å². The van der Waals surface area contributed by atoms with Crippen molar-refractivity contribution >= 4 is 28.9 Å². The summed E-state index contributed by atoms with van der Waals surface area (Å²) in [6.45, 7) is 0.586. The molecule has 0 fully saturated rings. The fraction of sp³-hybridized carbons (Fsp3) is 0.0769. The highest BCUT2D eigenvalue weighted by Crippen LogP contribution is 2.19. The molecule has 2 aromatic heterocycles. The highest BCUT2D eigenvalue weighted by molar-refractivity contribution is 7.71. The van der Waals surface area contributed by atoms with Crippen LogP contribution in [0.15, 0.2) is 47.1 Å². The van der Waals surface area contributed by atoms with E-state index < -0.39 is 0 Å². The van der Waals surface area contributed by atoms with Crippen LogP contribution in [-0.4, -0.2) is 9.97 Å². The molecule has 0 saturated heterocycles. The molecule has 5 heteroatoms. The Morgan fingerprint density at radius 2 is 2.11 bits per heavy atom. The van der Waals surface area contributed by atoms with E-state index in [0.29, 0.717) is 11.3 Å². The maximum atomic E-state index is 5.27. The van der Waals surface area contributed by atoms with E-state index in [2.05, 4.69) is 15.3 Å². The molecule has 18 heavy (non-hydrogen) atoms. The second-order valence-electron chi connectivity index (χ2n) is 3.87. The zero-order valence-corrected chi connectivity index (χ0v) is 10.3. The van der Waals surface area contributed by atoms with Crippen molar-refractivity contribution in [3.8, 4) is 0 Å². The zero-order valence-electron chi connectivity index (χ0n) is 9.51. The topological polar surface area (TPSA) is 53.9 Å². The summed E-state index contributed by atoms with van der Waals surface area (Å²) in [7, 11) is 0. The Morgan fingerprint density at radius 3 is 2.94 bits per heavy atom. The number of para-hydroxylation sites is 1. The minimum absolute atomic E-state index is 0.468. The lowest BCUT2D eigenvalue weighted by atomic mass is 10.2. The largest absolute Gasteiger partial charge is 0.467 e. The van der Waals surface area contributed by atoms with Crippen molar-refractivity contribution in [2.75, 3.05) is 5.32 Å². The molecular formula is C13H11N3OS. The van der Waals surface area contributed by atoms with E-state index in [0.717, 1.165) is 22.5 Å². The lowest BCUT2D eigenvalue weighted by molar-refractivity contribution is 0.518. The van der Waals surface area contributed by atoms with E-state index in [1.165, 1.54) is 0 Å². The van der Waals surface area contributed by atoms with Gasteiger partial charge in [0.15, 0.2) is 4.77 Å². The first kappa shape index (κ1) is 11.0. The summed E-state index contributed by atoms with van der Waals surface area (Å²) in [4.78, 5) is 7.37. The molecule has 4 nitrogen and oxygen atoms in total. The first-order valence-electron chi connectivity index (χ1n) is 5.58. The van der Waals surface area contributed by atoms with Crippen LogP contribution >= 0.6 is 12.2 Å². The van der Waals surface area contributed by atoms with E-state index in [1.54, 1.807) is 6.26 Å². The molecule has 0 unspecified atom stereocenters. The molecule has 0 atom stereocenters. The average Bonchev–Trinajstić information content (AvgIpc) is 2.89. The van der Waals surface area contributed by atoms with Gasteiger partial charge >= 0.3 is 0 Å². The normalized spacial score (nSPS) is 10.7. The van der Waals surface area contributed by atoms with E-state index >= 15 is 0 Å². The molecule has 90 valence electrons. The quantitative estimate of drug-likeness (QED) is 0.705. The summed E-state index contributed by atoms with van der Waals surface area (Å²) < 4.78 is 5.74. The summed E-state index contributed by atoms with van der Waals surface area (Å²) >= 11 is 5.11. The van der Waals surface area contributed by atoms with Gasteiger partial charge < -0.3 is 14.7 Å². The molecule has 0 saturated carbocycles. The number of hydrogen-bond acceptors (Lipinski definition) is 4. The van der Waals surface area contributed by atoms with Gasteiger partial charge in [0.25, 0.3) is 0 Å². The molecule has 0 amide bonds. The Morgan fingerprint density at radius 1 is 1.22 bits per heavy atom. The molecule has 1 aromatic carbocycles. The number of fused-ring (bicyclic) bond motifs is 1. The van der Waals surface area contributed by atoms with Crippen molar-refractivity contribution in [3.63, 3.8) is 0 Å². The summed E-state index contributed by atoms with van der Waals surface area (Å²) in [6, 6.07) is 11.7. The fourth-order valence-corrected chi connectivity index (χ4v) is 2.02. The predicted molar refractivity (Wildman–Crippen MR) is 73.0 cm³/mol. The zero-order chi connectivity index (χ0) is 12.4. The molecule has 2 N–H and O–H groups in total. The molecular weight excluding hydrogens is 246 g/mol. The van der Waals surface area contributed by atoms with E-state index in [1.807, 2.05) is 36.4 Å².